The number of imide groups is 1. The molecule has 3 amide bonds. The summed E-state index contributed by atoms with van der Waals surface area (Å²) < 4.78 is 5.45. The Morgan fingerprint density at radius 2 is 2.00 bits per heavy atom. The van der Waals surface area contributed by atoms with Crippen LogP contribution in [0.1, 0.15) is 61.1 Å². The lowest BCUT2D eigenvalue weighted by molar-refractivity contribution is -0.131. The molecule has 0 fully saturated rings. The molecule has 12 heteroatoms. The maximum atomic E-state index is 13.8. The van der Waals surface area contributed by atoms with Gasteiger partial charge in [0.2, 0.25) is 5.91 Å². The summed E-state index contributed by atoms with van der Waals surface area (Å²) in [4.78, 5) is 49.9. The molecule has 2 atom stereocenters. The lowest BCUT2D eigenvalue weighted by Gasteiger charge is -2.27. The van der Waals surface area contributed by atoms with Crippen molar-refractivity contribution >= 4 is 41.0 Å². The number of hydrogen-bond acceptors (Lipinski definition) is 8. The Kier molecular flexibility index (Phi) is 10.7. The number of nitrogens with one attached hydrogen (secondary N) is 2. The molecule has 0 aromatic heterocycles. The van der Waals surface area contributed by atoms with Gasteiger partial charge in [-0.15, -0.1) is 0 Å². The number of methoxy groups -OCH3 is 1. The fourth-order valence-electron chi connectivity index (χ4n) is 4.37. The summed E-state index contributed by atoms with van der Waals surface area (Å²) >= 11 is 6.21. The predicted molar refractivity (Wildman–Crippen MR) is 153 cm³/mol. The number of carbonyl (C=O) groups is 3. The highest BCUT2D eigenvalue weighted by Crippen LogP contribution is 2.28. The van der Waals surface area contributed by atoms with Crippen LogP contribution >= 0.6 is 11.6 Å². The molecule has 0 saturated heterocycles. The van der Waals surface area contributed by atoms with Gasteiger partial charge in [-0.1, -0.05) is 31.0 Å². The van der Waals surface area contributed by atoms with Crippen LogP contribution in [0.2, 0.25) is 5.02 Å². The zero-order valence-electron chi connectivity index (χ0n) is 23.1. The maximum absolute atomic E-state index is 13.8. The van der Waals surface area contributed by atoms with Crippen LogP contribution < -0.4 is 21.3 Å². The molecule has 0 saturated carbocycles. The van der Waals surface area contributed by atoms with E-state index < -0.39 is 29.9 Å². The van der Waals surface area contributed by atoms with Gasteiger partial charge in [-0.05, 0) is 68.1 Å². The van der Waals surface area contributed by atoms with Gasteiger partial charge in [-0.25, -0.2) is 9.59 Å². The van der Waals surface area contributed by atoms with E-state index >= 15 is 0 Å². The van der Waals surface area contributed by atoms with Crippen LogP contribution in [0.5, 0.6) is 5.75 Å². The minimum Gasteiger partial charge on any atom is -0.496 e. The number of amides is 3. The van der Waals surface area contributed by atoms with E-state index in [4.69, 9.17) is 26.9 Å². The SMILES string of the molecule is CCCC(NC(=O)N1CC(NOC(C)C)=NCC(Cc2cc(Cl)ccc2OC)C1=O)c1ccc(C(=O)O)c(N)c1. The number of urea groups is 1. The number of carboxylic acids is 1. The van der Waals surface area contributed by atoms with Crippen molar-refractivity contribution in [1.82, 2.24) is 15.7 Å². The van der Waals surface area contributed by atoms with E-state index in [-0.39, 0.29) is 36.9 Å². The third-order valence-corrected chi connectivity index (χ3v) is 6.61. The molecule has 3 rings (SSSR count). The first kappa shape index (κ1) is 30.7. The molecular weight excluding hydrogens is 538 g/mol. The Morgan fingerprint density at radius 1 is 1.25 bits per heavy atom. The number of nitrogens with two attached hydrogens (primary N) is 1. The number of nitrogen functional groups attached to an aromatic ring is 1. The molecule has 0 bridgehead atoms. The van der Waals surface area contributed by atoms with E-state index in [1.165, 1.54) is 19.2 Å². The number of nitrogens with zero attached hydrogens (tertiary/aromatic N) is 2. The van der Waals surface area contributed by atoms with Gasteiger partial charge >= 0.3 is 12.0 Å². The summed E-state index contributed by atoms with van der Waals surface area (Å²) in [6.45, 7) is 5.63. The third kappa shape index (κ3) is 7.86. The summed E-state index contributed by atoms with van der Waals surface area (Å²) in [5.41, 5.74) is 10.2. The number of hydrogen-bond donors (Lipinski definition) is 4. The second kappa shape index (κ2) is 14.0. The lowest BCUT2D eigenvalue weighted by Crippen LogP contribution is -2.50. The van der Waals surface area contributed by atoms with Crippen molar-refractivity contribution in [3.05, 3.63) is 58.1 Å². The van der Waals surface area contributed by atoms with Crippen molar-refractivity contribution in [3.8, 4) is 5.75 Å². The topological polar surface area (TPSA) is 156 Å². The minimum absolute atomic E-state index is 0.0237. The molecule has 11 nitrogen and oxygen atoms in total. The number of aliphatic imine (C=N–C) groups is 1. The average Bonchev–Trinajstić information content (AvgIpc) is 3.05. The third-order valence-electron chi connectivity index (χ3n) is 6.38. The number of anilines is 1. The quantitative estimate of drug-likeness (QED) is 0.243. The number of rotatable bonds is 10. The van der Waals surface area contributed by atoms with Gasteiger partial charge in [-0.2, -0.15) is 0 Å². The normalized spacial score (nSPS) is 16.2. The van der Waals surface area contributed by atoms with Gasteiger partial charge in [0.05, 0.1) is 43.8 Å². The number of amidine groups is 1. The molecule has 0 aliphatic carbocycles. The number of hydroxylamine groups is 1. The highest BCUT2D eigenvalue weighted by atomic mass is 35.5. The number of halogens is 1. The van der Waals surface area contributed by atoms with E-state index in [9.17, 15) is 19.5 Å². The molecular formula is C28H36ClN5O6. The zero-order valence-corrected chi connectivity index (χ0v) is 23.8. The van der Waals surface area contributed by atoms with Crippen LogP contribution in [-0.2, 0) is 16.1 Å². The van der Waals surface area contributed by atoms with Crippen molar-refractivity contribution in [2.45, 2.75) is 52.2 Å². The van der Waals surface area contributed by atoms with Gasteiger partial charge in [-0.3, -0.25) is 25.0 Å². The highest BCUT2D eigenvalue weighted by molar-refractivity contribution is 6.30. The fourth-order valence-corrected chi connectivity index (χ4v) is 4.57. The molecule has 1 aliphatic heterocycles. The number of carbonyl (C=O) groups excluding carboxylic acids is 2. The number of benzene rings is 2. The van der Waals surface area contributed by atoms with Crippen molar-refractivity contribution in [2.24, 2.45) is 10.9 Å². The summed E-state index contributed by atoms with van der Waals surface area (Å²) in [5.74, 6) is -1.32. The minimum atomic E-state index is -1.14. The van der Waals surface area contributed by atoms with Gasteiger partial charge in [0.25, 0.3) is 0 Å². The number of ether oxygens (including phenoxy) is 1. The number of carboxylic acid groups (broad SMARTS) is 1. The van der Waals surface area contributed by atoms with Crippen molar-refractivity contribution < 1.29 is 29.1 Å². The van der Waals surface area contributed by atoms with Crippen LogP contribution in [0, 0.1) is 5.92 Å². The van der Waals surface area contributed by atoms with Crippen molar-refractivity contribution in [2.75, 3.05) is 25.9 Å². The Morgan fingerprint density at radius 3 is 2.62 bits per heavy atom. The van der Waals surface area contributed by atoms with Gasteiger partial charge in [0, 0.05) is 10.7 Å². The first-order valence-corrected chi connectivity index (χ1v) is 13.4. The molecule has 40 heavy (non-hydrogen) atoms. The Balaban J connectivity index is 1.90. The van der Waals surface area contributed by atoms with Crippen LogP contribution in [0.15, 0.2) is 41.4 Å². The van der Waals surface area contributed by atoms with Crippen molar-refractivity contribution in [1.29, 1.82) is 0 Å². The molecule has 2 unspecified atom stereocenters. The monoisotopic (exact) mass is 573 g/mol. The molecule has 216 valence electrons. The van der Waals surface area contributed by atoms with Gasteiger partial charge < -0.3 is 20.9 Å². The summed E-state index contributed by atoms with van der Waals surface area (Å²) in [5, 5.41) is 12.7. The lowest BCUT2D eigenvalue weighted by atomic mass is 9.97. The van der Waals surface area contributed by atoms with E-state index in [2.05, 4.69) is 15.8 Å². The molecule has 2 aromatic rings. The standard InChI is InChI=1S/C28H36ClN5O6/c1-5-6-23(17-7-9-21(27(36)37)22(30)13-17)32-28(38)34-15-25(33-40-16(2)3)31-14-19(26(34)35)11-18-12-20(29)8-10-24(18)39-4/h7-10,12-13,16,19,23H,5-6,11,14-15,30H2,1-4H3,(H,31,33)(H,32,38)(H,36,37). The predicted octanol–water partition coefficient (Wildman–Crippen LogP) is 4.21. The molecule has 2 aromatic carbocycles. The molecule has 1 heterocycles. The van der Waals surface area contributed by atoms with E-state index in [1.54, 1.807) is 24.3 Å². The van der Waals surface area contributed by atoms with Gasteiger partial charge in [0.15, 0.2) is 0 Å². The Hall–Kier alpha value is -3.83. The highest BCUT2D eigenvalue weighted by Gasteiger charge is 2.34. The van der Waals surface area contributed by atoms with Crippen molar-refractivity contribution in [3.63, 3.8) is 0 Å². The van der Waals surface area contributed by atoms with E-state index in [1.807, 2.05) is 20.8 Å². The zero-order chi connectivity index (χ0) is 29.4. The summed E-state index contributed by atoms with van der Waals surface area (Å²) in [7, 11) is 1.54. The average molecular weight is 574 g/mol. The van der Waals surface area contributed by atoms with Crippen LogP contribution in [0.3, 0.4) is 0 Å². The maximum Gasteiger partial charge on any atom is 0.337 e. The fraction of sp³-hybridized carbons (Fsp3) is 0.429. The second-order valence-corrected chi connectivity index (χ2v) is 10.2. The summed E-state index contributed by atoms with van der Waals surface area (Å²) in [6, 6.07) is 8.59. The molecule has 0 radical (unpaired) electrons. The van der Waals surface area contributed by atoms with Crippen LogP contribution in [0.4, 0.5) is 10.5 Å². The van der Waals surface area contributed by atoms with E-state index in [0.29, 0.717) is 35.0 Å². The van der Waals surface area contributed by atoms with Crippen LogP contribution in [-0.4, -0.2) is 60.1 Å². The molecule has 1 aliphatic rings. The van der Waals surface area contributed by atoms with Crippen LogP contribution in [0.25, 0.3) is 0 Å². The molecule has 5 N–H and O–H groups in total. The summed E-state index contributed by atoms with van der Waals surface area (Å²) in [6.07, 6.45) is 1.34. The Bertz CT molecular complexity index is 1270. The largest absolute Gasteiger partial charge is 0.496 e. The first-order valence-electron chi connectivity index (χ1n) is 13.1. The van der Waals surface area contributed by atoms with Gasteiger partial charge in [0.1, 0.15) is 11.6 Å². The second-order valence-electron chi connectivity index (χ2n) is 9.78. The number of aromatic carboxylic acids is 1. The van der Waals surface area contributed by atoms with E-state index in [0.717, 1.165) is 10.5 Å². The molecule has 0 spiro atoms. The Labute approximate surface area is 238 Å². The first-order chi connectivity index (χ1) is 19.0. The smallest absolute Gasteiger partial charge is 0.337 e.